The molecule has 0 aliphatic heterocycles. The lowest BCUT2D eigenvalue weighted by Crippen LogP contribution is -2.20. The average molecular weight is 448 g/mol. The summed E-state index contributed by atoms with van der Waals surface area (Å²) < 4.78 is 5.60. The highest BCUT2D eigenvalue weighted by Crippen LogP contribution is 2.26. The number of benzene rings is 3. The second kappa shape index (κ2) is 10.7. The number of nitriles is 1. The van der Waals surface area contributed by atoms with Crippen LogP contribution in [0, 0.1) is 11.3 Å². The van der Waals surface area contributed by atoms with Crippen molar-refractivity contribution in [1.82, 2.24) is 0 Å². The van der Waals surface area contributed by atoms with Gasteiger partial charge in [0.1, 0.15) is 23.1 Å². The van der Waals surface area contributed by atoms with E-state index in [9.17, 15) is 20.0 Å². The number of nitrogens with one attached hydrogen (secondary N) is 2. The summed E-state index contributed by atoms with van der Waals surface area (Å²) in [6.07, 6.45) is 1.33. The highest BCUT2D eigenvalue weighted by Gasteiger charge is 2.13. The highest BCUT2D eigenvalue weighted by molar-refractivity contribution is 6.30. The smallest absolute Gasteiger partial charge is 0.266 e. The molecule has 3 N–H and O–H groups in total. The second-order valence-electron chi connectivity index (χ2n) is 6.56. The fraction of sp³-hybridized carbons (Fsp3) is 0.0417. The molecule has 160 valence electrons. The molecule has 2 amide bonds. The number of anilines is 2. The van der Waals surface area contributed by atoms with Crippen molar-refractivity contribution in [2.45, 2.75) is 0 Å². The minimum absolute atomic E-state index is 0.0519. The van der Waals surface area contributed by atoms with Gasteiger partial charge in [-0.1, -0.05) is 29.8 Å². The van der Waals surface area contributed by atoms with Crippen LogP contribution in [-0.4, -0.2) is 23.5 Å². The van der Waals surface area contributed by atoms with Gasteiger partial charge in [-0.05, 0) is 60.7 Å². The van der Waals surface area contributed by atoms with Gasteiger partial charge in [0.05, 0.1) is 0 Å². The predicted molar refractivity (Wildman–Crippen MR) is 122 cm³/mol. The Hall–Kier alpha value is -4.28. The summed E-state index contributed by atoms with van der Waals surface area (Å²) in [4.78, 5) is 24.7. The Kier molecular flexibility index (Phi) is 7.46. The van der Waals surface area contributed by atoms with Crippen molar-refractivity contribution in [3.8, 4) is 17.6 Å². The monoisotopic (exact) mass is 447 g/mol. The van der Waals surface area contributed by atoms with Crippen LogP contribution in [0.1, 0.15) is 5.56 Å². The van der Waals surface area contributed by atoms with Gasteiger partial charge in [-0.3, -0.25) is 9.59 Å². The first kappa shape index (κ1) is 22.4. The third-order valence-corrected chi connectivity index (χ3v) is 4.41. The van der Waals surface area contributed by atoms with Crippen molar-refractivity contribution < 1.29 is 19.4 Å². The maximum absolute atomic E-state index is 12.5. The van der Waals surface area contributed by atoms with Gasteiger partial charge >= 0.3 is 0 Å². The van der Waals surface area contributed by atoms with E-state index in [1.54, 1.807) is 36.4 Å². The van der Waals surface area contributed by atoms with Gasteiger partial charge in [0.25, 0.3) is 11.8 Å². The molecule has 7 nitrogen and oxygen atoms in total. The minimum atomic E-state index is -0.647. The third kappa shape index (κ3) is 6.36. The average Bonchev–Trinajstić information content (AvgIpc) is 2.79. The molecule has 0 heterocycles. The van der Waals surface area contributed by atoms with Crippen molar-refractivity contribution >= 4 is 40.9 Å². The molecule has 0 spiro atoms. The van der Waals surface area contributed by atoms with Crippen LogP contribution >= 0.6 is 11.6 Å². The zero-order chi connectivity index (χ0) is 22.9. The van der Waals surface area contributed by atoms with E-state index >= 15 is 0 Å². The lowest BCUT2D eigenvalue weighted by atomic mass is 10.1. The summed E-state index contributed by atoms with van der Waals surface area (Å²) in [5.41, 5.74) is 1.21. The summed E-state index contributed by atoms with van der Waals surface area (Å²) in [7, 11) is 0. The molecule has 3 aromatic rings. The zero-order valence-corrected chi connectivity index (χ0v) is 17.5. The molecule has 8 heteroatoms. The van der Waals surface area contributed by atoms with Crippen molar-refractivity contribution in [3.05, 3.63) is 89.0 Å². The number of phenolic OH excluding ortho intramolecular Hbond substituents is 1. The molecule has 3 aromatic carbocycles. The summed E-state index contributed by atoms with van der Waals surface area (Å²) in [5, 5.41) is 24.5. The maximum Gasteiger partial charge on any atom is 0.266 e. The molecule has 0 radical (unpaired) electrons. The number of rotatable bonds is 7. The lowest BCUT2D eigenvalue weighted by molar-refractivity contribution is -0.118. The Morgan fingerprint density at radius 1 is 1.00 bits per heavy atom. The van der Waals surface area contributed by atoms with E-state index in [0.29, 0.717) is 22.0 Å². The summed E-state index contributed by atoms with van der Waals surface area (Å²) in [6.45, 7) is -0.279. The van der Waals surface area contributed by atoms with Gasteiger partial charge in [0.2, 0.25) is 0 Å². The van der Waals surface area contributed by atoms with Crippen LogP contribution in [0.3, 0.4) is 0 Å². The maximum atomic E-state index is 12.5. The number of hydrogen-bond acceptors (Lipinski definition) is 5. The quantitative estimate of drug-likeness (QED) is 0.278. The number of aromatic hydroxyl groups is 1. The SMILES string of the molecule is N#C/C(=C\c1cc(Cl)ccc1OCC(=O)Nc1ccccc1)C(=O)Nc1ccc(O)cc1. The number of nitrogens with zero attached hydrogens (tertiary/aromatic N) is 1. The molecule has 0 unspecified atom stereocenters. The molecule has 0 saturated heterocycles. The van der Waals surface area contributed by atoms with Crippen LogP contribution in [0.4, 0.5) is 11.4 Å². The first-order valence-electron chi connectivity index (χ1n) is 9.44. The minimum Gasteiger partial charge on any atom is -0.508 e. The van der Waals surface area contributed by atoms with E-state index < -0.39 is 5.91 Å². The van der Waals surface area contributed by atoms with Crippen molar-refractivity contribution in [2.75, 3.05) is 17.2 Å². The molecule has 0 aliphatic carbocycles. The van der Waals surface area contributed by atoms with Gasteiger partial charge < -0.3 is 20.5 Å². The molecular weight excluding hydrogens is 430 g/mol. The van der Waals surface area contributed by atoms with Crippen LogP contribution in [-0.2, 0) is 9.59 Å². The van der Waals surface area contributed by atoms with Gasteiger partial charge in [0, 0.05) is 22.0 Å². The van der Waals surface area contributed by atoms with E-state index in [0.717, 1.165) is 0 Å². The molecule has 0 fully saturated rings. The van der Waals surface area contributed by atoms with Gasteiger partial charge in [-0.15, -0.1) is 0 Å². The molecular formula is C24H18ClN3O4. The number of hydrogen-bond donors (Lipinski definition) is 3. The van der Waals surface area contributed by atoms with Crippen molar-refractivity contribution in [2.24, 2.45) is 0 Å². The molecule has 0 bridgehead atoms. The van der Waals surface area contributed by atoms with E-state index in [1.165, 1.54) is 36.4 Å². The van der Waals surface area contributed by atoms with Gasteiger partial charge in [-0.25, -0.2) is 0 Å². The number of halogens is 1. The molecule has 32 heavy (non-hydrogen) atoms. The van der Waals surface area contributed by atoms with Crippen LogP contribution in [0.5, 0.6) is 11.5 Å². The van der Waals surface area contributed by atoms with Gasteiger partial charge in [-0.2, -0.15) is 5.26 Å². The molecule has 0 aliphatic rings. The van der Waals surface area contributed by atoms with Crippen molar-refractivity contribution in [1.29, 1.82) is 5.26 Å². The standard InChI is InChI=1S/C24H18ClN3O4/c25-18-6-11-22(32-15-23(30)27-19-4-2-1-3-5-19)16(13-18)12-17(14-26)24(31)28-20-7-9-21(29)10-8-20/h1-13,29H,15H2,(H,27,30)(H,28,31)/b17-12+. The molecule has 0 atom stereocenters. The largest absolute Gasteiger partial charge is 0.508 e. The summed E-state index contributed by atoms with van der Waals surface area (Å²) >= 11 is 6.07. The fourth-order valence-electron chi connectivity index (χ4n) is 2.67. The lowest BCUT2D eigenvalue weighted by Gasteiger charge is -2.11. The van der Waals surface area contributed by atoms with Crippen molar-refractivity contribution in [3.63, 3.8) is 0 Å². The second-order valence-corrected chi connectivity index (χ2v) is 6.99. The predicted octanol–water partition coefficient (Wildman–Crippen LogP) is 4.61. The topological polar surface area (TPSA) is 111 Å². The van der Waals surface area contributed by atoms with E-state index in [-0.39, 0.29) is 29.6 Å². The zero-order valence-electron chi connectivity index (χ0n) is 16.7. The Morgan fingerprint density at radius 2 is 1.69 bits per heavy atom. The van der Waals surface area contributed by atoms with Crippen LogP contribution in [0.15, 0.2) is 78.4 Å². The number of amides is 2. The van der Waals surface area contributed by atoms with E-state index in [1.807, 2.05) is 12.1 Å². The number of para-hydroxylation sites is 1. The number of carbonyl (C=O) groups is 2. The third-order valence-electron chi connectivity index (χ3n) is 4.18. The first-order chi connectivity index (χ1) is 15.4. The van der Waals surface area contributed by atoms with E-state index in [2.05, 4.69) is 10.6 Å². The first-order valence-corrected chi connectivity index (χ1v) is 9.82. The van der Waals surface area contributed by atoms with E-state index in [4.69, 9.17) is 16.3 Å². The molecule has 3 rings (SSSR count). The Balaban J connectivity index is 1.74. The molecule has 0 aromatic heterocycles. The summed E-state index contributed by atoms with van der Waals surface area (Å²) in [6, 6.07) is 21.3. The Bertz CT molecular complexity index is 1190. The van der Waals surface area contributed by atoms with Crippen LogP contribution in [0.2, 0.25) is 5.02 Å². The Labute approximate surface area is 189 Å². The molecule has 0 saturated carbocycles. The fourth-order valence-corrected chi connectivity index (χ4v) is 2.85. The number of ether oxygens (including phenoxy) is 1. The van der Waals surface area contributed by atoms with Gasteiger partial charge in [0.15, 0.2) is 6.61 Å². The number of phenols is 1. The normalized spacial score (nSPS) is 10.7. The summed E-state index contributed by atoms with van der Waals surface area (Å²) in [5.74, 6) is -0.684. The Morgan fingerprint density at radius 3 is 2.38 bits per heavy atom. The number of carbonyl (C=O) groups excluding carboxylic acids is 2. The van der Waals surface area contributed by atoms with Crippen LogP contribution < -0.4 is 15.4 Å². The highest BCUT2D eigenvalue weighted by atomic mass is 35.5. The van der Waals surface area contributed by atoms with Crippen LogP contribution in [0.25, 0.3) is 6.08 Å².